The Kier molecular flexibility index (Phi) is 6.78. The molecule has 0 radical (unpaired) electrons. The van der Waals surface area contributed by atoms with Gasteiger partial charge in [-0.05, 0) is 40.6 Å². The summed E-state index contributed by atoms with van der Waals surface area (Å²) in [7, 11) is -2.56. The van der Waals surface area contributed by atoms with Crippen LogP contribution in [0.3, 0.4) is 0 Å². The fourth-order valence-electron chi connectivity index (χ4n) is 4.17. The van der Waals surface area contributed by atoms with Crippen molar-refractivity contribution in [1.82, 2.24) is 0 Å². The molecule has 0 fully saturated rings. The van der Waals surface area contributed by atoms with E-state index in [1.807, 2.05) is 30.3 Å². The third kappa shape index (κ3) is 4.08. The Morgan fingerprint density at radius 1 is 1.19 bits per heavy atom. The van der Waals surface area contributed by atoms with Crippen molar-refractivity contribution >= 4 is 19.7 Å². The number of aliphatic hydroxyl groups is 1. The Hall–Kier alpha value is -1.49. The molecule has 142 valence electrons. The maximum absolute atomic E-state index is 12.9. The molecule has 3 nitrogen and oxygen atoms in total. The molecule has 0 aliphatic heterocycles. The van der Waals surface area contributed by atoms with E-state index in [4.69, 9.17) is 0 Å². The standard InChI is InChI=1S/C22H32O3Si/c1-6-10-19(23)22-18(14-26(25,15(2)3)16(4)5)13-20(24)21(22)17-11-8-7-9-12-17/h6-9,11-12,15-16,18-19,23,25H,1,10,13-14H2,2-5H3/t18-,19-/m0/s1. The highest BCUT2D eigenvalue weighted by Gasteiger charge is 2.45. The molecule has 0 saturated heterocycles. The fourth-order valence-corrected chi connectivity index (χ4v) is 7.60. The van der Waals surface area contributed by atoms with Gasteiger partial charge < -0.3 is 9.90 Å². The summed E-state index contributed by atoms with van der Waals surface area (Å²) in [5, 5.41) is 10.8. The molecule has 1 aromatic rings. The van der Waals surface area contributed by atoms with E-state index < -0.39 is 14.4 Å². The Morgan fingerprint density at radius 3 is 2.27 bits per heavy atom. The average molecular weight is 373 g/mol. The normalized spacial score (nSPS) is 19.5. The second-order valence-corrected chi connectivity index (χ2v) is 12.8. The van der Waals surface area contributed by atoms with Gasteiger partial charge in [-0.3, -0.25) is 4.79 Å². The van der Waals surface area contributed by atoms with Crippen molar-refractivity contribution in [1.29, 1.82) is 0 Å². The molecule has 2 atom stereocenters. The van der Waals surface area contributed by atoms with E-state index in [2.05, 4.69) is 34.3 Å². The summed E-state index contributed by atoms with van der Waals surface area (Å²) < 4.78 is 0. The summed E-state index contributed by atoms with van der Waals surface area (Å²) >= 11 is 0. The van der Waals surface area contributed by atoms with Crippen LogP contribution in [0.4, 0.5) is 0 Å². The van der Waals surface area contributed by atoms with Crippen LogP contribution in [0.15, 0.2) is 48.6 Å². The Bertz CT molecular complexity index is 668. The van der Waals surface area contributed by atoms with E-state index in [1.165, 1.54) is 0 Å². The Morgan fingerprint density at radius 2 is 1.77 bits per heavy atom. The number of carbonyl (C=O) groups excluding carboxylic acids is 1. The first-order valence-corrected chi connectivity index (χ1v) is 11.9. The van der Waals surface area contributed by atoms with Gasteiger partial charge in [0.25, 0.3) is 0 Å². The van der Waals surface area contributed by atoms with Crippen LogP contribution in [0.25, 0.3) is 5.57 Å². The van der Waals surface area contributed by atoms with Crippen LogP contribution in [0.2, 0.25) is 17.1 Å². The van der Waals surface area contributed by atoms with Crippen LogP contribution >= 0.6 is 0 Å². The lowest BCUT2D eigenvalue weighted by molar-refractivity contribution is -0.113. The van der Waals surface area contributed by atoms with Crippen LogP contribution in [0.1, 0.15) is 46.1 Å². The minimum absolute atomic E-state index is 0.0724. The fraction of sp³-hybridized carbons (Fsp3) is 0.500. The van der Waals surface area contributed by atoms with E-state index in [1.54, 1.807) is 6.08 Å². The average Bonchev–Trinajstić information content (AvgIpc) is 2.91. The number of allylic oxidation sites excluding steroid dienone is 1. The van der Waals surface area contributed by atoms with Gasteiger partial charge in [0.15, 0.2) is 14.1 Å². The number of ketones is 1. The number of benzene rings is 1. The predicted molar refractivity (Wildman–Crippen MR) is 110 cm³/mol. The van der Waals surface area contributed by atoms with Crippen molar-refractivity contribution < 1.29 is 14.7 Å². The summed E-state index contributed by atoms with van der Waals surface area (Å²) in [6, 6.07) is 10.2. The molecular weight excluding hydrogens is 340 g/mol. The summed E-state index contributed by atoms with van der Waals surface area (Å²) in [5.74, 6) is -0.0164. The van der Waals surface area contributed by atoms with Crippen LogP contribution in [-0.4, -0.2) is 30.1 Å². The first-order valence-electron chi connectivity index (χ1n) is 9.56. The zero-order valence-corrected chi connectivity index (χ0v) is 17.4. The maximum Gasteiger partial charge on any atom is 0.194 e. The summed E-state index contributed by atoms with van der Waals surface area (Å²) in [6.45, 7) is 12.0. The monoisotopic (exact) mass is 372 g/mol. The molecule has 2 rings (SSSR count). The van der Waals surface area contributed by atoms with Crippen LogP contribution in [0, 0.1) is 5.92 Å². The highest BCUT2D eigenvalue weighted by molar-refractivity contribution is 6.75. The molecule has 1 aromatic carbocycles. The zero-order valence-electron chi connectivity index (χ0n) is 16.4. The lowest BCUT2D eigenvalue weighted by Crippen LogP contribution is -2.43. The second kappa shape index (κ2) is 8.46. The summed E-state index contributed by atoms with van der Waals surface area (Å²) in [5.41, 5.74) is 2.71. The lowest BCUT2D eigenvalue weighted by Gasteiger charge is -2.36. The van der Waals surface area contributed by atoms with Crippen molar-refractivity contribution in [2.24, 2.45) is 5.92 Å². The van der Waals surface area contributed by atoms with E-state index in [0.717, 1.165) is 11.1 Å². The third-order valence-electron chi connectivity index (χ3n) is 5.82. The number of hydrogen-bond acceptors (Lipinski definition) is 3. The van der Waals surface area contributed by atoms with Crippen LogP contribution in [-0.2, 0) is 4.79 Å². The molecule has 0 unspecified atom stereocenters. The molecular formula is C22H32O3Si. The highest BCUT2D eigenvalue weighted by atomic mass is 28.4. The minimum atomic E-state index is -2.56. The highest BCUT2D eigenvalue weighted by Crippen LogP contribution is 2.45. The molecule has 2 N–H and O–H groups in total. The van der Waals surface area contributed by atoms with E-state index in [0.29, 0.717) is 24.5 Å². The number of aliphatic hydroxyl groups excluding tert-OH is 1. The molecule has 0 spiro atoms. The molecule has 26 heavy (non-hydrogen) atoms. The Labute approximate surface area is 158 Å². The molecule has 0 heterocycles. The predicted octanol–water partition coefficient (Wildman–Crippen LogP) is 4.72. The van der Waals surface area contributed by atoms with E-state index in [-0.39, 0.29) is 22.8 Å². The van der Waals surface area contributed by atoms with Crippen molar-refractivity contribution in [2.45, 2.75) is 63.8 Å². The van der Waals surface area contributed by atoms with Crippen LogP contribution < -0.4 is 0 Å². The maximum atomic E-state index is 12.9. The van der Waals surface area contributed by atoms with Gasteiger partial charge in [0.1, 0.15) is 0 Å². The molecule has 0 aromatic heterocycles. The van der Waals surface area contributed by atoms with Crippen molar-refractivity contribution in [3.63, 3.8) is 0 Å². The van der Waals surface area contributed by atoms with Gasteiger partial charge in [-0.15, -0.1) is 6.58 Å². The molecule has 1 aliphatic carbocycles. The molecule has 0 saturated carbocycles. The molecule has 0 bridgehead atoms. The number of Topliss-reactive ketones (excluding diaryl/α,β-unsaturated/α-hetero) is 1. The number of carbonyl (C=O) groups is 1. The summed E-state index contributed by atoms with van der Waals surface area (Å²) in [4.78, 5) is 24.3. The smallest absolute Gasteiger partial charge is 0.194 e. The minimum Gasteiger partial charge on any atom is -0.431 e. The SMILES string of the molecule is C=CC[C@H](O)C1=C(c2ccccc2)C(=O)C[C@H]1C[Si](O)(C(C)C)C(C)C. The van der Waals surface area contributed by atoms with Crippen molar-refractivity contribution in [3.05, 3.63) is 54.1 Å². The van der Waals surface area contributed by atoms with Gasteiger partial charge in [-0.2, -0.15) is 0 Å². The first-order chi connectivity index (χ1) is 12.2. The van der Waals surface area contributed by atoms with Crippen molar-refractivity contribution in [2.75, 3.05) is 0 Å². The van der Waals surface area contributed by atoms with Gasteiger partial charge in [-0.25, -0.2) is 0 Å². The van der Waals surface area contributed by atoms with Gasteiger partial charge in [0.05, 0.1) is 6.10 Å². The first kappa shape index (κ1) is 20.8. The molecule has 0 amide bonds. The number of hydrogen-bond donors (Lipinski definition) is 2. The van der Waals surface area contributed by atoms with Crippen molar-refractivity contribution in [3.8, 4) is 0 Å². The lowest BCUT2D eigenvalue weighted by atomic mass is 9.92. The van der Waals surface area contributed by atoms with E-state index >= 15 is 0 Å². The van der Waals surface area contributed by atoms with Crippen LogP contribution in [0.5, 0.6) is 0 Å². The van der Waals surface area contributed by atoms with Gasteiger partial charge in [0, 0.05) is 12.0 Å². The Balaban J connectivity index is 2.51. The molecule has 4 heteroatoms. The van der Waals surface area contributed by atoms with Gasteiger partial charge in [-0.1, -0.05) is 64.1 Å². The third-order valence-corrected chi connectivity index (χ3v) is 11.0. The summed E-state index contributed by atoms with van der Waals surface area (Å²) in [6.07, 6.45) is 1.76. The number of rotatable bonds is 8. The topological polar surface area (TPSA) is 57.5 Å². The largest absolute Gasteiger partial charge is 0.431 e. The second-order valence-electron chi connectivity index (χ2n) is 8.07. The zero-order chi connectivity index (χ0) is 19.5. The quantitative estimate of drug-likeness (QED) is 0.512. The van der Waals surface area contributed by atoms with Gasteiger partial charge >= 0.3 is 0 Å². The van der Waals surface area contributed by atoms with Gasteiger partial charge in [0.2, 0.25) is 0 Å². The van der Waals surface area contributed by atoms with E-state index in [9.17, 15) is 14.7 Å². The molecule has 1 aliphatic rings.